The van der Waals surface area contributed by atoms with Crippen LogP contribution in [0.4, 0.5) is 0 Å². The zero-order valence-corrected chi connectivity index (χ0v) is 23.2. The Balaban J connectivity index is 1.35. The van der Waals surface area contributed by atoms with Gasteiger partial charge in [-0.2, -0.15) is 0 Å². The minimum Gasteiger partial charge on any atom is -0.493 e. The Morgan fingerprint density at radius 1 is 0.895 bits per heavy atom. The maximum absolute atomic E-state index is 12.7. The summed E-state index contributed by atoms with van der Waals surface area (Å²) in [7, 11) is 4.58. The summed E-state index contributed by atoms with van der Waals surface area (Å²) >= 11 is 12.9. The minimum atomic E-state index is -0.192. The second-order valence-electron chi connectivity index (χ2n) is 8.78. The molecule has 0 fully saturated rings. The molecular formula is C29H31Cl2N3O4. The molecule has 0 aliphatic carbocycles. The van der Waals surface area contributed by atoms with E-state index in [-0.39, 0.29) is 5.91 Å². The predicted octanol–water partition coefficient (Wildman–Crippen LogP) is 6.56. The van der Waals surface area contributed by atoms with Crippen molar-refractivity contribution in [2.75, 3.05) is 27.9 Å². The molecule has 1 heterocycles. The van der Waals surface area contributed by atoms with Crippen LogP contribution in [0.1, 0.15) is 41.0 Å². The van der Waals surface area contributed by atoms with Gasteiger partial charge in [0.15, 0.2) is 11.5 Å². The molecule has 1 amide bonds. The van der Waals surface area contributed by atoms with Crippen LogP contribution in [0.5, 0.6) is 17.2 Å². The third-order valence-electron chi connectivity index (χ3n) is 6.40. The minimum absolute atomic E-state index is 0.192. The third-order valence-corrected chi connectivity index (χ3v) is 7.11. The zero-order valence-electron chi connectivity index (χ0n) is 21.7. The van der Waals surface area contributed by atoms with Crippen LogP contribution in [0.25, 0.3) is 11.0 Å². The topological polar surface area (TPSA) is 74.6 Å². The number of rotatable bonds is 12. The molecule has 0 radical (unpaired) electrons. The number of halogens is 2. The number of aromatic nitrogens is 2. The van der Waals surface area contributed by atoms with Gasteiger partial charge in [-0.05, 0) is 49.2 Å². The standard InChI is InChI=1S/C29H31Cl2N3O4/c1-36-25-16-19(17-26(37-2)28(25)38-3)29(35)32-15-8-4-5-14-27-33-23-12-6-7-13-24(23)34(27)18-20-21(30)10-9-11-22(20)31/h6-7,9-13,16-17H,4-5,8,14-15,18H2,1-3H3,(H,32,35). The predicted molar refractivity (Wildman–Crippen MR) is 151 cm³/mol. The van der Waals surface area contributed by atoms with Gasteiger partial charge in [0.25, 0.3) is 5.91 Å². The van der Waals surface area contributed by atoms with Crippen LogP contribution < -0.4 is 19.5 Å². The molecule has 4 rings (SSSR count). The molecule has 0 unspecified atom stereocenters. The first-order chi connectivity index (χ1) is 18.5. The van der Waals surface area contributed by atoms with E-state index in [1.54, 1.807) is 12.1 Å². The quantitative estimate of drug-likeness (QED) is 0.200. The lowest BCUT2D eigenvalue weighted by molar-refractivity contribution is 0.0952. The number of carbonyl (C=O) groups is 1. The second-order valence-corrected chi connectivity index (χ2v) is 9.60. The van der Waals surface area contributed by atoms with Crippen molar-refractivity contribution in [3.8, 4) is 17.2 Å². The number of fused-ring (bicyclic) bond motifs is 1. The van der Waals surface area contributed by atoms with Crippen molar-refractivity contribution in [1.82, 2.24) is 14.9 Å². The summed E-state index contributed by atoms with van der Waals surface area (Å²) in [6, 6.07) is 16.9. The van der Waals surface area contributed by atoms with Crippen LogP contribution in [0, 0.1) is 0 Å². The highest BCUT2D eigenvalue weighted by molar-refractivity contribution is 6.36. The van der Waals surface area contributed by atoms with E-state index in [1.807, 2.05) is 36.4 Å². The molecule has 7 nitrogen and oxygen atoms in total. The average Bonchev–Trinajstić information content (AvgIpc) is 3.28. The van der Waals surface area contributed by atoms with Crippen LogP contribution in [0.2, 0.25) is 10.0 Å². The van der Waals surface area contributed by atoms with Crippen molar-refractivity contribution in [2.24, 2.45) is 0 Å². The smallest absolute Gasteiger partial charge is 0.251 e. The van der Waals surface area contributed by atoms with E-state index < -0.39 is 0 Å². The molecule has 1 N–H and O–H groups in total. The molecule has 200 valence electrons. The first-order valence-corrected chi connectivity index (χ1v) is 13.2. The molecular weight excluding hydrogens is 525 g/mol. The zero-order chi connectivity index (χ0) is 27.1. The summed E-state index contributed by atoms with van der Waals surface area (Å²) in [6.45, 7) is 1.11. The van der Waals surface area contributed by atoms with Crippen LogP contribution in [0.15, 0.2) is 54.6 Å². The fraction of sp³-hybridized carbons (Fsp3) is 0.310. The molecule has 0 bridgehead atoms. The Morgan fingerprint density at radius 2 is 1.58 bits per heavy atom. The molecule has 9 heteroatoms. The summed E-state index contributed by atoms with van der Waals surface area (Å²) in [6.07, 6.45) is 3.51. The van der Waals surface area contributed by atoms with E-state index in [0.717, 1.165) is 48.1 Å². The lowest BCUT2D eigenvalue weighted by Crippen LogP contribution is -2.24. The van der Waals surface area contributed by atoms with Gasteiger partial charge < -0.3 is 24.1 Å². The van der Waals surface area contributed by atoms with E-state index in [9.17, 15) is 4.79 Å². The van der Waals surface area contributed by atoms with Gasteiger partial charge in [0.05, 0.1) is 38.9 Å². The first-order valence-electron chi connectivity index (χ1n) is 12.4. The van der Waals surface area contributed by atoms with Gasteiger partial charge in [0.1, 0.15) is 5.82 Å². The summed E-state index contributed by atoms with van der Waals surface area (Å²) in [5, 5.41) is 4.26. The van der Waals surface area contributed by atoms with Gasteiger partial charge in [-0.15, -0.1) is 0 Å². The van der Waals surface area contributed by atoms with Crippen LogP contribution >= 0.6 is 23.2 Å². The first kappa shape index (κ1) is 27.6. The monoisotopic (exact) mass is 555 g/mol. The van der Waals surface area contributed by atoms with Crippen molar-refractivity contribution in [3.05, 3.63) is 81.6 Å². The molecule has 0 atom stereocenters. The second kappa shape index (κ2) is 12.9. The number of hydrogen-bond donors (Lipinski definition) is 1. The number of methoxy groups -OCH3 is 3. The maximum atomic E-state index is 12.7. The number of ether oxygens (including phenoxy) is 3. The summed E-state index contributed by atoms with van der Waals surface area (Å²) < 4.78 is 18.2. The number of para-hydroxylation sites is 2. The molecule has 0 spiro atoms. The van der Waals surface area contributed by atoms with E-state index in [4.69, 9.17) is 42.4 Å². The highest BCUT2D eigenvalue weighted by atomic mass is 35.5. The fourth-order valence-electron chi connectivity index (χ4n) is 4.44. The van der Waals surface area contributed by atoms with Crippen LogP contribution in [0.3, 0.4) is 0 Å². The van der Waals surface area contributed by atoms with Gasteiger partial charge in [-0.25, -0.2) is 4.98 Å². The Morgan fingerprint density at radius 3 is 2.24 bits per heavy atom. The van der Waals surface area contributed by atoms with Gasteiger partial charge in [-0.3, -0.25) is 4.79 Å². The number of carbonyl (C=O) groups excluding carboxylic acids is 1. The number of unbranched alkanes of at least 4 members (excludes halogenated alkanes) is 2. The van der Waals surface area contributed by atoms with Gasteiger partial charge in [-0.1, -0.05) is 47.8 Å². The molecule has 0 saturated heterocycles. The van der Waals surface area contributed by atoms with Crippen molar-refractivity contribution >= 4 is 40.1 Å². The number of nitrogens with zero attached hydrogens (tertiary/aromatic N) is 2. The Kier molecular flexibility index (Phi) is 9.37. The molecule has 1 aromatic heterocycles. The van der Waals surface area contributed by atoms with E-state index in [0.29, 0.717) is 45.9 Å². The Bertz CT molecular complexity index is 1380. The Labute approximate surface area is 232 Å². The number of benzene rings is 3. The number of amides is 1. The fourth-order valence-corrected chi connectivity index (χ4v) is 4.95. The molecule has 38 heavy (non-hydrogen) atoms. The molecule has 4 aromatic rings. The molecule has 0 aliphatic heterocycles. The normalized spacial score (nSPS) is 11.0. The van der Waals surface area contributed by atoms with Crippen molar-refractivity contribution < 1.29 is 19.0 Å². The van der Waals surface area contributed by atoms with E-state index >= 15 is 0 Å². The lowest BCUT2D eigenvalue weighted by atomic mass is 10.1. The third kappa shape index (κ3) is 6.17. The van der Waals surface area contributed by atoms with Gasteiger partial charge in [0, 0.05) is 34.1 Å². The number of aryl methyl sites for hydroxylation is 1. The highest BCUT2D eigenvalue weighted by Crippen LogP contribution is 2.38. The number of imidazole rings is 1. The van der Waals surface area contributed by atoms with E-state index in [1.165, 1.54) is 21.3 Å². The van der Waals surface area contributed by atoms with Crippen LogP contribution in [-0.4, -0.2) is 43.3 Å². The number of nitrogens with one attached hydrogen (secondary N) is 1. The lowest BCUT2D eigenvalue weighted by Gasteiger charge is -2.14. The largest absolute Gasteiger partial charge is 0.493 e. The summed E-state index contributed by atoms with van der Waals surface area (Å²) in [5.41, 5.74) is 3.33. The Hall–Kier alpha value is -3.42. The van der Waals surface area contributed by atoms with Crippen LogP contribution in [-0.2, 0) is 13.0 Å². The SMILES string of the molecule is COc1cc(C(=O)NCCCCCc2nc3ccccc3n2Cc2c(Cl)cccc2Cl)cc(OC)c1OC. The molecule has 0 saturated carbocycles. The van der Waals surface area contributed by atoms with Gasteiger partial charge >= 0.3 is 0 Å². The van der Waals surface area contributed by atoms with E-state index in [2.05, 4.69) is 16.0 Å². The maximum Gasteiger partial charge on any atom is 0.251 e. The summed E-state index contributed by atoms with van der Waals surface area (Å²) in [4.78, 5) is 17.6. The number of hydrogen-bond acceptors (Lipinski definition) is 5. The average molecular weight is 556 g/mol. The molecule has 3 aromatic carbocycles. The van der Waals surface area contributed by atoms with Gasteiger partial charge in [0.2, 0.25) is 5.75 Å². The van der Waals surface area contributed by atoms with Crippen molar-refractivity contribution in [1.29, 1.82) is 0 Å². The highest BCUT2D eigenvalue weighted by Gasteiger charge is 2.17. The van der Waals surface area contributed by atoms with Crippen molar-refractivity contribution in [2.45, 2.75) is 32.2 Å². The molecule has 0 aliphatic rings. The summed E-state index contributed by atoms with van der Waals surface area (Å²) in [5.74, 6) is 2.14. The van der Waals surface area contributed by atoms with Crippen molar-refractivity contribution in [3.63, 3.8) is 0 Å².